The van der Waals surface area contributed by atoms with Crippen LogP contribution in [0.3, 0.4) is 0 Å². The molecule has 0 aromatic heterocycles. The van der Waals surface area contributed by atoms with Crippen molar-refractivity contribution in [3.63, 3.8) is 0 Å². The molecular formula is C15H12IP-2. The summed E-state index contributed by atoms with van der Waals surface area (Å²) in [6, 6.07) is 17.5. The Hall–Kier alpha value is -0.790. The molecule has 0 heterocycles. The molecule has 0 radical (unpaired) electrons. The van der Waals surface area contributed by atoms with Crippen LogP contribution in [0.5, 0.6) is 0 Å². The number of allylic oxidation sites excluding steroid dienone is 4. The second-order valence-electron chi connectivity index (χ2n) is 4.02. The predicted octanol–water partition coefficient (Wildman–Crippen LogP) is 3.74. The van der Waals surface area contributed by atoms with Gasteiger partial charge >= 0.3 is 0 Å². The zero-order valence-electron chi connectivity index (χ0n) is 9.25. The fraction of sp³-hybridized carbons (Fsp3) is 0. The zero-order chi connectivity index (χ0) is 11.7. The second-order valence-corrected chi connectivity index (χ2v) is 11.1. The van der Waals surface area contributed by atoms with Gasteiger partial charge in [-0.3, -0.25) is 0 Å². The van der Waals surface area contributed by atoms with Gasteiger partial charge in [-0.25, -0.2) is 12.1 Å². The lowest BCUT2D eigenvalue weighted by Gasteiger charge is -2.31. The summed E-state index contributed by atoms with van der Waals surface area (Å²) in [6.07, 6.45) is 8.77. The first-order valence-electron chi connectivity index (χ1n) is 5.57. The summed E-state index contributed by atoms with van der Waals surface area (Å²) in [4.78, 5) is 0. The van der Waals surface area contributed by atoms with E-state index in [9.17, 15) is 0 Å². The Labute approximate surface area is 115 Å². The van der Waals surface area contributed by atoms with Gasteiger partial charge in [0.1, 0.15) is 0 Å². The molecule has 0 amide bonds. The van der Waals surface area contributed by atoms with Crippen LogP contribution in [0.25, 0.3) is 0 Å². The summed E-state index contributed by atoms with van der Waals surface area (Å²) in [6.45, 7) is 0. The Morgan fingerprint density at radius 3 is 1.82 bits per heavy atom. The Morgan fingerprint density at radius 2 is 1.41 bits per heavy atom. The van der Waals surface area contributed by atoms with E-state index in [1.54, 1.807) is 0 Å². The van der Waals surface area contributed by atoms with E-state index in [1.165, 1.54) is 15.9 Å². The summed E-state index contributed by atoms with van der Waals surface area (Å²) >= 11 is 2.67. The summed E-state index contributed by atoms with van der Waals surface area (Å²) < 4.78 is -1.41. The van der Waals surface area contributed by atoms with Gasteiger partial charge in [-0.2, -0.15) is 47.0 Å². The molecule has 1 aliphatic carbocycles. The van der Waals surface area contributed by atoms with Gasteiger partial charge in [0.25, 0.3) is 0 Å². The number of rotatable bonds is 2. The van der Waals surface area contributed by atoms with Gasteiger partial charge in [-0.1, -0.05) is 46.3 Å². The first-order valence-corrected chi connectivity index (χ1v) is 10.1. The Morgan fingerprint density at radius 1 is 0.882 bits per heavy atom. The molecule has 86 valence electrons. The summed E-state index contributed by atoms with van der Waals surface area (Å²) in [7, 11) is 0. The van der Waals surface area contributed by atoms with E-state index in [4.69, 9.17) is 0 Å². The molecule has 0 saturated carbocycles. The van der Waals surface area contributed by atoms with Crippen LogP contribution in [0.4, 0.5) is 0 Å². The standard InChI is InChI=1S/C15H12IP/c16-17(13-7-1-2-8-13,14-9-3-4-10-14)15-11-5-6-12-15/h1-12H/q-2. The van der Waals surface area contributed by atoms with Crippen LogP contribution in [0.2, 0.25) is 0 Å². The summed E-state index contributed by atoms with van der Waals surface area (Å²) in [5.41, 5.74) is 0. The van der Waals surface area contributed by atoms with Gasteiger partial charge in [-0.05, 0) is 5.29 Å². The van der Waals surface area contributed by atoms with Crippen molar-refractivity contribution in [2.75, 3.05) is 0 Å². The van der Waals surface area contributed by atoms with Crippen molar-refractivity contribution in [1.29, 1.82) is 0 Å². The van der Waals surface area contributed by atoms with E-state index in [0.29, 0.717) is 0 Å². The average molecular weight is 350 g/mol. The van der Waals surface area contributed by atoms with Gasteiger partial charge in [0.15, 0.2) is 0 Å². The largest absolute Gasteiger partial charge is 0.206 e. The molecule has 2 heteroatoms. The third kappa shape index (κ3) is 1.82. The van der Waals surface area contributed by atoms with Crippen LogP contribution in [0, 0.1) is 0 Å². The minimum absolute atomic E-state index is 1.41. The highest BCUT2D eigenvalue weighted by molar-refractivity contribution is 14.2. The lowest BCUT2D eigenvalue weighted by Crippen LogP contribution is -2.13. The smallest absolute Gasteiger partial charge is 0.0340 e. The topological polar surface area (TPSA) is 0 Å². The monoisotopic (exact) mass is 350 g/mol. The molecule has 0 N–H and O–H groups in total. The maximum atomic E-state index is 2.67. The summed E-state index contributed by atoms with van der Waals surface area (Å²) in [5, 5.41) is 4.36. The molecule has 0 saturated heterocycles. The highest BCUT2D eigenvalue weighted by Crippen LogP contribution is 2.56. The zero-order valence-corrected chi connectivity index (χ0v) is 12.3. The van der Waals surface area contributed by atoms with Crippen molar-refractivity contribution >= 4 is 42.5 Å². The molecule has 0 unspecified atom stereocenters. The van der Waals surface area contributed by atoms with E-state index in [2.05, 4.69) is 94.9 Å². The maximum Gasteiger partial charge on any atom is -0.0340 e. The molecule has 2 aromatic rings. The van der Waals surface area contributed by atoms with Crippen molar-refractivity contribution < 1.29 is 0 Å². The number of halogens is 1. The van der Waals surface area contributed by atoms with Crippen LogP contribution >= 0.6 is 26.6 Å². The van der Waals surface area contributed by atoms with Crippen LogP contribution in [0.1, 0.15) is 0 Å². The van der Waals surface area contributed by atoms with Gasteiger partial charge in [-0.15, -0.1) is 4.53 Å². The normalized spacial score (nSPS) is 14.8. The van der Waals surface area contributed by atoms with Crippen LogP contribution in [0.15, 0.2) is 72.8 Å². The maximum absolute atomic E-state index is 2.67. The minimum atomic E-state index is -1.41. The van der Waals surface area contributed by atoms with E-state index in [-0.39, 0.29) is 0 Å². The Bertz CT molecular complexity index is 558. The van der Waals surface area contributed by atoms with Gasteiger partial charge in [0.05, 0.1) is 0 Å². The fourth-order valence-corrected chi connectivity index (χ4v) is 7.69. The highest BCUT2D eigenvalue weighted by Gasteiger charge is 2.13. The van der Waals surface area contributed by atoms with E-state index in [0.717, 1.165) is 0 Å². The first-order chi connectivity index (χ1) is 8.32. The van der Waals surface area contributed by atoms with Crippen molar-refractivity contribution in [2.45, 2.75) is 0 Å². The Balaban J connectivity index is 2.33. The van der Waals surface area contributed by atoms with E-state index < -0.39 is 4.53 Å². The predicted molar refractivity (Wildman–Crippen MR) is 87.6 cm³/mol. The van der Waals surface area contributed by atoms with Crippen molar-refractivity contribution in [2.24, 2.45) is 0 Å². The number of hydrogen-bond acceptors (Lipinski definition) is 0. The van der Waals surface area contributed by atoms with Crippen molar-refractivity contribution in [3.8, 4) is 0 Å². The molecule has 1 aliphatic rings. The van der Waals surface area contributed by atoms with E-state index >= 15 is 0 Å². The minimum Gasteiger partial charge on any atom is -0.206 e. The molecule has 0 atom stereocenters. The molecule has 0 bridgehead atoms. The molecule has 0 fully saturated rings. The fourth-order valence-electron chi connectivity index (χ4n) is 2.15. The molecule has 0 nitrogen and oxygen atoms in total. The highest BCUT2D eigenvalue weighted by atomic mass is 127. The second kappa shape index (κ2) is 4.47. The van der Waals surface area contributed by atoms with Gasteiger partial charge in [0.2, 0.25) is 0 Å². The molecule has 0 spiro atoms. The third-order valence-corrected chi connectivity index (χ3v) is 11.0. The molecule has 3 rings (SSSR count). The SMILES string of the molecule is IP(=C1C=CC=C1)(c1cc[cH-]c1)c1cc[cH-]c1. The van der Waals surface area contributed by atoms with Crippen LogP contribution < -0.4 is 10.6 Å². The molecular weight excluding hydrogens is 338 g/mol. The van der Waals surface area contributed by atoms with Crippen molar-refractivity contribution in [1.82, 2.24) is 0 Å². The lowest BCUT2D eigenvalue weighted by molar-refractivity contribution is 2.03. The van der Waals surface area contributed by atoms with Gasteiger partial charge < -0.3 is 0 Å². The van der Waals surface area contributed by atoms with Gasteiger partial charge in [0, 0.05) is 0 Å². The van der Waals surface area contributed by atoms with Crippen molar-refractivity contribution in [3.05, 3.63) is 72.8 Å². The average Bonchev–Trinajstić information content (AvgIpc) is 3.10. The molecule has 2 aromatic carbocycles. The quantitative estimate of drug-likeness (QED) is 0.440. The van der Waals surface area contributed by atoms with E-state index in [1.807, 2.05) is 0 Å². The van der Waals surface area contributed by atoms with Crippen LogP contribution in [-0.4, -0.2) is 5.29 Å². The molecule has 0 aliphatic heterocycles. The lowest BCUT2D eigenvalue weighted by atomic mass is 10.5. The number of hydrogen-bond donors (Lipinski definition) is 0. The Kier molecular flexibility index (Phi) is 2.97. The third-order valence-electron chi connectivity index (χ3n) is 3.00. The van der Waals surface area contributed by atoms with Crippen LogP contribution in [-0.2, 0) is 0 Å². The molecule has 17 heavy (non-hydrogen) atoms. The first kappa shape index (κ1) is 11.3. The summed E-state index contributed by atoms with van der Waals surface area (Å²) in [5.74, 6) is 0.